The molecule has 0 aliphatic carbocycles. The van der Waals surface area contributed by atoms with Gasteiger partial charge in [0.25, 0.3) is 0 Å². The highest BCUT2D eigenvalue weighted by Crippen LogP contribution is 2.43. The molecule has 0 aromatic carbocycles. The first kappa shape index (κ1) is 67.9. The van der Waals surface area contributed by atoms with Crippen LogP contribution in [0.25, 0.3) is 0 Å². The Kier molecular flexibility index (Phi) is 48.8. The second-order valence-corrected chi connectivity index (χ2v) is 20.3. The first-order valence-electron chi connectivity index (χ1n) is 27.6. The number of carbonyl (C=O) groups is 2. The SMILES string of the molecule is CC/C=C\C/C=C\C/C=C\C/C=C\C/C=C\C/C=C\CCCCCCCCCCCCC(=O)OC[C@H](COP(=O)(O)OCC[N+](C)(C)C)OC(=O)CC/C=C\C/C=C\C/C=C\C/C=C\C/C=C\C/C=C\CC. The molecule has 406 valence electrons. The number of rotatable bonds is 48. The number of phosphoric acid groups is 1. The third-order valence-corrected chi connectivity index (χ3v) is 11.9. The molecule has 0 fully saturated rings. The summed E-state index contributed by atoms with van der Waals surface area (Å²) >= 11 is 0. The molecular formula is C62H101NO8P+. The standard InChI is InChI=1S/C62H100NO8P/c1-6-8-10-12-14-16-18-20-22-24-26-27-28-29-30-31-32-33-34-35-37-38-40-42-44-46-48-50-52-54-61(64)68-58-60(59-70-72(66,67)69-57-56-63(3,4)5)71-62(65)55-53-51-49-47-45-43-41-39-36-25-23-21-19-17-15-13-11-9-7-2/h8-11,14-17,20-23,26-27,29-30,32-33,36,39,43,45,49,51,60H,6-7,12-13,18-19,24-25,28,31,34-35,37-38,40-42,44,46-48,50,52-59H2,1-5H3/p+1/b10-8-,11-9-,16-14-,17-15-,22-20-,23-21-,27-26-,30-29-,33-32-,39-36-,45-43-,51-49-/t60-/m1/s1. The van der Waals surface area contributed by atoms with Crippen molar-refractivity contribution in [2.24, 2.45) is 0 Å². The highest BCUT2D eigenvalue weighted by molar-refractivity contribution is 7.47. The molecule has 0 spiro atoms. The summed E-state index contributed by atoms with van der Waals surface area (Å²) in [6.07, 6.45) is 76.4. The van der Waals surface area contributed by atoms with Gasteiger partial charge in [0.2, 0.25) is 0 Å². The van der Waals surface area contributed by atoms with Crippen LogP contribution in [0.4, 0.5) is 0 Å². The van der Waals surface area contributed by atoms with E-state index in [-0.39, 0.29) is 26.1 Å². The van der Waals surface area contributed by atoms with Crippen LogP contribution < -0.4 is 0 Å². The molecule has 0 heterocycles. The second-order valence-electron chi connectivity index (χ2n) is 18.8. The van der Waals surface area contributed by atoms with E-state index in [0.29, 0.717) is 23.9 Å². The van der Waals surface area contributed by atoms with Crippen molar-refractivity contribution in [1.82, 2.24) is 0 Å². The number of unbranched alkanes of at least 4 members (excludes halogenated alkanes) is 10. The molecule has 0 aromatic rings. The zero-order valence-electron chi connectivity index (χ0n) is 45.8. The van der Waals surface area contributed by atoms with E-state index in [2.05, 4.69) is 148 Å². The Bertz CT molecular complexity index is 1720. The van der Waals surface area contributed by atoms with Crippen molar-refractivity contribution in [2.45, 2.75) is 187 Å². The van der Waals surface area contributed by atoms with Gasteiger partial charge in [-0.2, -0.15) is 0 Å². The maximum absolute atomic E-state index is 12.7. The van der Waals surface area contributed by atoms with Gasteiger partial charge in [0.05, 0.1) is 27.7 Å². The Balaban J connectivity index is 4.30. The second kappa shape index (κ2) is 51.8. The van der Waals surface area contributed by atoms with E-state index in [4.69, 9.17) is 18.5 Å². The van der Waals surface area contributed by atoms with E-state index < -0.39 is 32.5 Å². The Morgan fingerprint density at radius 2 is 0.778 bits per heavy atom. The van der Waals surface area contributed by atoms with Gasteiger partial charge >= 0.3 is 19.8 Å². The van der Waals surface area contributed by atoms with Crippen molar-refractivity contribution in [3.63, 3.8) is 0 Å². The molecule has 9 nitrogen and oxygen atoms in total. The van der Waals surface area contributed by atoms with Crippen molar-refractivity contribution < 1.29 is 42.1 Å². The van der Waals surface area contributed by atoms with Crippen LogP contribution in [-0.4, -0.2) is 74.9 Å². The van der Waals surface area contributed by atoms with Gasteiger partial charge in [0.1, 0.15) is 19.8 Å². The zero-order valence-corrected chi connectivity index (χ0v) is 46.7. The average molecular weight is 1020 g/mol. The van der Waals surface area contributed by atoms with Gasteiger partial charge in [-0.1, -0.05) is 211 Å². The Hall–Kier alpha value is -4.11. The molecule has 1 N–H and O–H groups in total. The topological polar surface area (TPSA) is 108 Å². The van der Waals surface area contributed by atoms with Gasteiger partial charge in [-0.05, 0) is 103 Å². The monoisotopic (exact) mass is 1020 g/mol. The largest absolute Gasteiger partial charge is 0.472 e. The molecule has 10 heteroatoms. The average Bonchev–Trinajstić information content (AvgIpc) is 3.34. The fourth-order valence-corrected chi connectivity index (χ4v) is 7.43. The molecule has 1 unspecified atom stereocenters. The van der Waals surface area contributed by atoms with Crippen LogP contribution in [0.5, 0.6) is 0 Å². The van der Waals surface area contributed by atoms with Gasteiger partial charge in [-0.25, -0.2) is 4.57 Å². The van der Waals surface area contributed by atoms with Crippen molar-refractivity contribution in [3.8, 4) is 0 Å². The molecule has 2 atom stereocenters. The zero-order chi connectivity index (χ0) is 52.7. The van der Waals surface area contributed by atoms with Crippen LogP contribution >= 0.6 is 7.82 Å². The van der Waals surface area contributed by atoms with Crippen LogP contribution in [0.1, 0.15) is 181 Å². The first-order valence-corrected chi connectivity index (χ1v) is 29.1. The molecule has 0 saturated carbocycles. The summed E-state index contributed by atoms with van der Waals surface area (Å²) < 4.78 is 34.4. The summed E-state index contributed by atoms with van der Waals surface area (Å²) in [4.78, 5) is 35.6. The van der Waals surface area contributed by atoms with Crippen molar-refractivity contribution in [2.75, 3.05) is 47.5 Å². The number of nitrogens with zero attached hydrogens (tertiary/aromatic N) is 1. The third kappa shape index (κ3) is 55.2. The number of ether oxygens (including phenoxy) is 2. The maximum Gasteiger partial charge on any atom is 0.472 e. The van der Waals surface area contributed by atoms with Gasteiger partial charge in [-0.15, -0.1) is 0 Å². The number of carbonyl (C=O) groups excluding carboxylic acids is 2. The van der Waals surface area contributed by atoms with Crippen LogP contribution in [0.2, 0.25) is 0 Å². The van der Waals surface area contributed by atoms with Gasteiger partial charge in [0.15, 0.2) is 6.10 Å². The van der Waals surface area contributed by atoms with Crippen LogP contribution in [0.3, 0.4) is 0 Å². The lowest BCUT2D eigenvalue weighted by atomic mass is 10.1. The van der Waals surface area contributed by atoms with Crippen molar-refractivity contribution >= 4 is 19.8 Å². The minimum absolute atomic E-state index is 0.00892. The normalized spacial score (nSPS) is 14.5. The van der Waals surface area contributed by atoms with E-state index in [9.17, 15) is 19.0 Å². The van der Waals surface area contributed by atoms with E-state index in [0.717, 1.165) is 103 Å². The Labute approximate surface area is 440 Å². The molecule has 0 rings (SSSR count). The summed E-state index contributed by atoms with van der Waals surface area (Å²) in [5, 5.41) is 0. The number of allylic oxidation sites excluding steroid dienone is 24. The van der Waals surface area contributed by atoms with Gasteiger partial charge in [0, 0.05) is 12.8 Å². The molecule has 72 heavy (non-hydrogen) atoms. The summed E-state index contributed by atoms with van der Waals surface area (Å²) in [6.45, 7) is 4.08. The quantitative estimate of drug-likeness (QED) is 0.0211. The molecule has 0 aliphatic rings. The first-order chi connectivity index (χ1) is 35.0. The maximum atomic E-state index is 12.7. The highest BCUT2D eigenvalue weighted by atomic mass is 31.2. The van der Waals surface area contributed by atoms with Crippen LogP contribution in [0, 0.1) is 0 Å². The fraction of sp³-hybridized carbons (Fsp3) is 0.581. The van der Waals surface area contributed by atoms with E-state index in [1.54, 1.807) is 0 Å². The minimum atomic E-state index is -4.42. The molecule has 0 aliphatic heterocycles. The van der Waals surface area contributed by atoms with Crippen LogP contribution in [0.15, 0.2) is 146 Å². The lowest BCUT2D eigenvalue weighted by molar-refractivity contribution is -0.870. The molecular weight excluding hydrogens is 918 g/mol. The highest BCUT2D eigenvalue weighted by Gasteiger charge is 2.27. The number of esters is 2. The fourth-order valence-electron chi connectivity index (χ4n) is 6.69. The predicted molar refractivity (Wildman–Crippen MR) is 307 cm³/mol. The number of hydrogen-bond donors (Lipinski definition) is 1. The number of quaternary nitrogens is 1. The smallest absolute Gasteiger partial charge is 0.462 e. The summed E-state index contributed by atoms with van der Waals surface area (Å²) in [7, 11) is 1.40. The number of hydrogen-bond acceptors (Lipinski definition) is 7. The lowest BCUT2D eigenvalue weighted by Crippen LogP contribution is -2.37. The lowest BCUT2D eigenvalue weighted by Gasteiger charge is -2.24. The van der Waals surface area contributed by atoms with E-state index in [1.807, 2.05) is 33.3 Å². The number of likely N-dealkylation sites (N-methyl/N-ethyl adjacent to an activating group) is 1. The van der Waals surface area contributed by atoms with Gasteiger partial charge in [-0.3, -0.25) is 18.6 Å². The summed E-state index contributed by atoms with van der Waals surface area (Å²) in [5.74, 6) is -0.914. The summed E-state index contributed by atoms with van der Waals surface area (Å²) in [5.41, 5.74) is 0. The molecule has 0 amide bonds. The predicted octanol–water partition coefficient (Wildman–Crippen LogP) is 17.1. The molecule has 0 radical (unpaired) electrons. The molecule has 0 saturated heterocycles. The third-order valence-electron chi connectivity index (χ3n) is 10.9. The Morgan fingerprint density at radius 3 is 1.17 bits per heavy atom. The molecule has 0 aromatic heterocycles. The van der Waals surface area contributed by atoms with E-state index in [1.165, 1.54) is 38.5 Å². The Morgan fingerprint density at radius 1 is 0.431 bits per heavy atom. The number of phosphoric ester groups is 1. The van der Waals surface area contributed by atoms with Gasteiger partial charge < -0.3 is 18.9 Å². The van der Waals surface area contributed by atoms with E-state index >= 15 is 0 Å². The summed E-state index contributed by atoms with van der Waals surface area (Å²) in [6, 6.07) is 0. The van der Waals surface area contributed by atoms with Crippen LogP contribution in [-0.2, 0) is 32.7 Å². The van der Waals surface area contributed by atoms with Crippen molar-refractivity contribution in [1.29, 1.82) is 0 Å². The van der Waals surface area contributed by atoms with Crippen molar-refractivity contribution in [3.05, 3.63) is 146 Å². The minimum Gasteiger partial charge on any atom is -0.462 e. The molecule has 0 bridgehead atoms.